The SMILES string of the molecule is CC1(N)CN(Cc2ccc3c(c2)C(=O)N(C2CCC(=O)NC2=O)C3=O)CC1(F)F. The second-order valence-corrected chi connectivity index (χ2v) is 8.09. The normalized spacial score (nSPS) is 29.4. The summed E-state index contributed by atoms with van der Waals surface area (Å²) in [5, 5.41) is 2.14. The molecule has 2 atom stereocenters. The number of hydrogen-bond donors (Lipinski definition) is 2. The number of alkyl halides is 2. The highest BCUT2D eigenvalue weighted by Crippen LogP contribution is 2.35. The van der Waals surface area contributed by atoms with Gasteiger partial charge < -0.3 is 5.73 Å². The molecule has 29 heavy (non-hydrogen) atoms. The van der Waals surface area contributed by atoms with E-state index in [2.05, 4.69) is 5.32 Å². The first-order chi connectivity index (χ1) is 13.5. The van der Waals surface area contributed by atoms with Gasteiger partial charge in [-0.1, -0.05) is 6.07 Å². The van der Waals surface area contributed by atoms with Crippen LogP contribution in [0.15, 0.2) is 18.2 Å². The van der Waals surface area contributed by atoms with Crippen LogP contribution in [0.1, 0.15) is 46.0 Å². The molecule has 0 radical (unpaired) electrons. The summed E-state index contributed by atoms with van der Waals surface area (Å²) in [6, 6.07) is 3.51. The molecule has 0 saturated carbocycles. The molecule has 0 bridgehead atoms. The van der Waals surface area contributed by atoms with Gasteiger partial charge in [-0.25, -0.2) is 8.78 Å². The Hall–Kier alpha value is -2.72. The van der Waals surface area contributed by atoms with Gasteiger partial charge in [0.1, 0.15) is 6.04 Å². The lowest BCUT2D eigenvalue weighted by Crippen LogP contribution is -2.54. The van der Waals surface area contributed by atoms with E-state index in [1.165, 1.54) is 24.0 Å². The van der Waals surface area contributed by atoms with Gasteiger partial charge in [-0.15, -0.1) is 0 Å². The maximum atomic E-state index is 14.0. The minimum Gasteiger partial charge on any atom is -0.319 e. The summed E-state index contributed by atoms with van der Waals surface area (Å²) in [6.07, 6.45) is 0.108. The van der Waals surface area contributed by atoms with Crippen molar-refractivity contribution in [1.82, 2.24) is 15.1 Å². The van der Waals surface area contributed by atoms with Crippen molar-refractivity contribution in [3.63, 3.8) is 0 Å². The minimum atomic E-state index is -3.03. The van der Waals surface area contributed by atoms with E-state index in [9.17, 15) is 28.0 Å². The summed E-state index contributed by atoms with van der Waals surface area (Å²) < 4.78 is 28.0. The Morgan fingerprint density at radius 3 is 2.45 bits per heavy atom. The first-order valence-corrected chi connectivity index (χ1v) is 9.24. The number of fused-ring (bicyclic) bond motifs is 1. The van der Waals surface area contributed by atoms with Gasteiger partial charge in [-0.3, -0.25) is 34.3 Å². The summed E-state index contributed by atoms with van der Waals surface area (Å²) in [4.78, 5) is 51.3. The molecule has 8 nitrogen and oxygen atoms in total. The molecular formula is C19H20F2N4O4. The van der Waals surface area contributed by atoms with E-state index >= 15 is 0 Å². The molecule has 2 unspecified atom stereocenters. The average molecular weight is 406 g/mol. The van der Waals surface area contributed by atoms with Crippen LogP contribution in [0.5, 0.6) is 0 Å². The summed E-state index contributed by atoms with van der Waals surface area (Å²) in [5.41, 5.74) is 4.92. The Balaban J connectivity index is 1.55. The molecule has 1 aromatic rings. The summed E-state index contributed by atoms with van der Waals surface area (Å²) in [7, 11) is 0. The minimum absolute atomic E-state index is 0.00758. The van der Waals surface area contributed by atoms with Crippen LogP contribution >= 0.6 is 0 Å². The monoisotopic (exact) mass is 406 g/mol. The largest absolute Gasteiger partial charge is 0.319 e. The Morgan fingerprint density at radius 2 is 1.83 bits per heavy atom. The molecule has 3 aliphatic heterocycles. The van der Waals surface area contributed by atoms with Crippen LogP contribution in [0.4, 0.5) is 8.78 Å². The smallest absolute Gasteiger partial charge is 0.279 e. The maximum absolute atomic E-state index is 14.0. The van der Waals surface area contributed by atoms with Crippen molar-refractivity contribution in [2.24, 2.45) is 5.73 Å². The topological polar surface area (TPSA) is 113 Å². The number of likely N-dealkylation sites (tertiary alicyclic amines) is 1. The Kier molecular flexibility index (Phi) is 4.32. The van der Waals surface area contributed by atoms with Crippen LogP contribution in [-0.4, -0.2) is 64.0 Å². The molecule has 10 heteroatoms. The van der Waals surface area contributed by atoms with Gasteiger partial charge in [0.2, 0.25) is 11.8 Å². The lowest BCUT2D eigenvalue weighted by Gasteiger charge is -2.27. The van der Waals surface area contributed by atoms with Crippen LogP contribution in [0.2, 0.25) is 0 Å². The lowest BCUT2D eigenvalue weighted by atomic mass is 9.99. The number of benzene rings is 1. The molecule has 3 N–H and O–H groups in total. The van der Waals surface area contributed by atoms with Crippen LogP contribution < -0.4 is 11.1 Å². The summed E-state index contributed by atoms with van der Waals surface area (Å²) in [6.45, 7) is 0.948. The standard InChI is InChI=1S/C19H20F2N4O4/c1-18(22)8-24(9-19(18,20)21)7-10-2-3-11-12(6-10)17(29)25(16(11)28)13-4-5-14(26)23-15(13)27/h2-3,6,13H,4-5,7-9,22H2,1H3,(H,23,26,27). The predicted octanol–water partition coefficient (Wildman–Crippen LogP) is 0.256. The average Bonchev–Trinajstić information content (AvgIpc) is 2.97. The van der Waals surface area contributed by atoms with Gasteiger partial charge in [0.25, 0.3) is 17.7 Å². The number of nitrogens with two attached hydrogens (primary N) is 1. The molecule has 3 heterocycles. The second kappa shape index (κ2) is 6.39. The van der Waals surface area contributed by atoms with Gasteiger partial charge in [0, 0.05) is 19.5 Å². The van der Waals surface area contributed by atoms with E-state index < -0.39 is 47.7 Å². The quantitative estimate of drug-likeness (QED) is 0.696. The highest BCUT2D eigenvalue weighted by atomic mass is 19.3. The molecule has 1 aromatic carbocycles. The first kappa shape index (κ1) is 19.6. The molecular weight excluding hydrogens is 386 g/mol. The molecule has 154 valence electrons. The highest BCUT2D eigenvalue weighted by Gasteiger charge is 2.54. The van der Waals surface area contributed by atoms with Gasteiger partial charge in [0.05, 0.1) is 23.2 Å². The molecule has 2 fully saturated rings. The number of hydrogen-bond acceptors (Lipinski definition) is 6. The molecule has 3 aliphatic rings. The van der Waals surface area contributed by atoms with Crippen molar-refractivity contribution in [3.05, 3.63) is 34.9 Å². The fourth-order valence-corrected chi connectivity index (χ4v) is 4.08. The fourth-order valence-electron chi connectivity index (χ4n) is 4.08. The van der Waals surface area contributed by atoms with E-state index in [1.54, 1.807) is 6.07 Å². The molecule has 4 amide bonds. The van der Waals surface area contributed by atoms with Gasteiger partial charge >= 0.3 is 0 Å². The molecule has 0 aromatic heterocycles. The van der Waals surface area contributed by atoms with Gasteiger partial charge in [-0.05, 0) is 31.0 Å². The van der Waals surface area contributed by atoms with Crippen molar-refractivity contribution in [2.45, 2.75) is 43.8 Å². The van der Waals surface area contributed by atoms with Gasteiger partial charge in [0.15, 0.2) is 0 Å². The highest BCUT2D eigenvalue weighted by molar-refractivity contribution is 6.23. The van der Waals surface area contributed by atoms with E-state index in [1.807, 2.05) is 0 Å². The number of nitrogens with one attached hydrogen (secondary N) is 1. The third-order valence-corrected chi connectivity index (χ3v) is 5.72. The lowest BCUT2D eigenvalue weighted by molar-refractivity contribution is -0.136. The number of piperidine rings is 1. The van der Waals surface area contributed by atoms with Crippen molar-refractivity contribution in [3.8, 4) is 0 Å². The van der Waals surface area contributed by atoms with E-state index in [4.69, 9.17) is 5.73 Å². The zero-order valence-electron chi connectivity index (χ0n) is 15.7. The number of amides is 4. The van der Waals surface area contributed by atoms with Gasteiger partial charge in [-0.2, -0.15) is 0 Å². The number of carbonyl (C=O) groups is 4. The molecule has 0 spiro atoms. The van der Waals surface area contributed by atoms with Crippen molar-refractivity contribution in [2.75, 3.05) is 13.1 Å². The number of rotatable bonds is 3. The van der Waals surface area contributed by atoms with Crippen LogP contribution in [0, 0.1) is 0 Å². The molecule has 4 rings (SSSR count). The Labute approximate surface area is 165 Å². The second-order valence-electron chi connectivity index (χ2n) is 8.09. The third kappa shape index (κ3) is 3.12. The molecule has 2 saturated heterocycles. The number of halogens is 2. The zero-order valence-corrected chi connectivity index (χ0v) is 15.7. The number of carbonyl (C=O) groups excluding carboxylic acids is 4. The van der Waals surface area contributed by atoms with Crippen molar-refractivity contribution < 1.29 is 28.0 Å². The van der Waals surface area contributed by atoms with E-state index in [0.29, 0.717) is 5.56 Å². The fraction of sp³-hybridized carbons (Fsp3) is 0.474. The van der Waals surface area contributed by atoms with E-state index in [0.717, 1.165) is 4.90 Å². The van der Waals surface area contributed by atoms with Crippen LogP contribution in [0.25, 0.3) is 0 Å². The summed E-state index contributed by atoms with van der Waals surface area (Å²) in [5.74, 6) is -5.39. The Bertz CT molecular complexity index is 930. The Morgan fingerprint density at radius 1 is 1.14 bits per heavy atom. The zero-order chi connectivity index (χ0) is 21.1. The third-order valence-electron chi connectivity index (χ3n) is 5.72. The van der Waals surface area contributed by atoms with Crippen molar-refractivity contribution in [1.29, 1.82) is 0 Å². The number of nitrogens with zero attached hydrogens (tertiary/aromatic N) is 2. The maximum Gasteiger partial charge on any atom is 0.279 e. The first-order valence-electron chi connectivity index (χ1n) is 9.24. The number of imide groups is 2. The van der Waals surface area contributed by atoms with E-state index in [-0.39, 0.29) is 37.1 Å². The summed E-state index contributed by atoms with van der Waals surface area (Å²) >= 11 is 0. The van der Waals surface area contributed by atoms with Crippen molar-refractivity contribution >= 4 is 23.6 Å². The van der Waals surface area contributed by atoms with Crippen LogP contribution in [0.3, 0.4) is 0 Å². The van der Waals surface area contributed by atoms with Crippen LogP contribution in [-0.2, 0) is 16.1 Å². The molecule has 0 aliphatic carbocycles. The predicted molar refractivity (Wildman–Crippen MR) is 95.9 cm³/mol.